The van der Waals surface area contributed by atoms with Gasteiger partial charge in [0.15, 0.2) is 0 Å². The molecule has 0 bridgehead atoms. The Balaban J connectivity index is 2.79. The highest BCUT2D eigenvalue weighted by molar-refractivity contribution is 5.42. The fourth-order valence-electron chi connectivity index (χ4n) is 2.29. The number of nitrogens with one attached hydrogen (secondary N) is 1. The summed E-state index contributed by atoms with van der Waals surface area (Å²) in [6, 6.07) is 6.36. The first kappa shape index (κ1) is 15.8. The average molecular weight is 265 g/mol. The van der Waals surface area contributed by atoms with Gasteiger partial charge in [-0.05, 0) is 25.5 Å². The summed E-state index contributed by atoms with van der Waals surface area (Å²) in [5.41, 5.74) is 1.20. The van der Waals surface area contributed by atoms with E-state index in [2.05, 4.69) is 25.2 Å². The van der Waals surface area contributed by atoms with E-state index in [1.54, 1.807) is 14.2 Å². The van der Waals surface area contributed by atoms with Gasteiger partial charge in [0.2, 0.25) is 0 Å². The minimum absolute atomic E-state index is 0.333. The molecular weight excluding hydrogens is 238 g/mol. The molecule has 0 heterocycles. The van der Waals surface area contributed by atoms with E-state index in [9.17, 15) is 0 Å². The van der Waals surface area contributed by atoms with Crippen LogP contribution in [-0.2, 0) is 0 Å². The molecule has 3 heteroatoms. The lowest BCUT2D eigenvalue weighted by Gasteiger charge is -2.20. The molecular formula is C16H27NO2. The van der Waals surface area contributed by atoms with Gasteiger partial charge in [0, 0.05) is 17.7 Å². The summed E-state index contributed by atoms with van der Waals surface area (Å²) in [6.45, 7) is 4.53. The second kappa shape index (κ2) is 8.05. The molecule has 1 atom stereocenters. The van der Waals surface area contributed by atoms with Crippen LogP contribution in [-0.4, -0.2) is 21.3 Å². The standard InChI is InChI=1S/C16H27NO2/c1-12(2)7-6-8-15(17-3)14-10-9-13(18-4)11-16(14)19-5/h9-12,15,17H,6-8H2,1-5H3. The van der Waals surface area contributed by atoms with Crippen LogP contribution in [0.1, 0.15) is 44.7 Å². The smallest absolute Gasteiger partial charge is 0.127 e. The summed E-state index contributed by atoms with van der Waals surface area (Å²) in [6.07, 6.45) is 3.60. The van der Waals surface area contributed by atoms with Gasteiger partial charge in [-0.15, -0.1) is 0 Å². The summed E-state index contributed by atoms with van der Waals surface area (Å²) in [5, 5.41) is 3.38. The minimum atomic E-state index is 0.333. The van der Waals surface area contributed by atoms with Gasteiger partial charge in [-0.3, -0.25) is 0 Å². The zero-order valence-corrected chi connectivity index (χ0v) is 12.8. The van der Waals surface area contributed by atoms with E-state index in [1.165, 1.54) is 18.4 Å². The predicted molar refractivity (Wildman–Crippen MR) is 80.0 cm³/mol. The first-order valence-corrected chi connectivity index (χ1v) is 7.01. The minimum Gasteiger partial charge on any atom is -0.497 e. The van der Waals surface area contributed by atoms with E-state index < -0.39 is 0 Å². The molecule has 0 fully saturated rings. The van der Waals surface area contributed by atoms with E-state index in [0.717, 1.165) is 23.8 Å². The van der Waals surface area contributed by atoms with Crippen molar-refractivity contribution in [2.75, 3.05) is 21.3 Å². The molecule has 0 aromatic heterocycles. The average Bonchev–Trinajstić information content (AvgIpc) is 2.42. The number of benzene rings is 1. The number of hydrogen-bond acceptors (Lipinski definition) is 3. The molecule has 1 N–H and O–H groups in total. The van der Waals surface area contributed by atoms with Crippen LogP contribution in [0.3, 0.4) is 0 Å². The van der Waals surface area contributed by atoms with Crippen LogP contribution < -0.4 is 14.8 Å². The molecule has 0 aliphatic rings. The fourth-order valence-corrected chi connectivity index (χ4v) is 2.29. The second-order valence-electron chi connectivity index (χ2n) is 5.27. The zero-order chi connectivity index (χ0) is 14.3. The Morgan fingerprint density at radius 1 is 1.11 bits per heavy atom. The third-order valence-corrected chi connectivity index (χ3v) is 3.44. The number of hydrogen-bond donors (Lipinski definition) is 1. The highest BCUT2D eigenvalue weighted by atomic mass is 16.5. The van der Waals surface area contributed by atoms with Crippen molar-refractivity contribution in [2.24, 2.45) is 5.92 Å². The van der Waals surface area contributed by atoms with E-state index in [1.807, 2.05) is 19.2 Å². The van der Waals surface area contributed by atoms with Crippen molar-refractivity contribution in [2.45, 2.75) is 39.2 Å². The topological polar surface area (TPSA) is 30.5 Å². The maximum Gasteiger partial charge on any atom is 0.127 e. The van der Waals surface area contributed by atoms with Crippen molar-refractivity contribution in [1.82, 2.24) is 5.32 Å². The summed E-state index contributed by atoms with van der Waals surface area (Å²) in [5.74, 6) is 2.48. The SMILES string of the molecule is CNC(CCCC(C)C)c1ccc(OC)cc1OC. The molecule has 0 aliphatic heterocycles. The summed E-state index contributed by atoms with van der Waals surface area (Å²) >= 11 is 0. The highest BCUT2D eigenvalue weighted by Gasteiger charge is 2.15. The largest absolute Gasteiger partial charge is 0.497 e. The Bertz CT molecular complexity index is 377. The van der Waals surface area contributed by atoms with Crippen molar-refractivity contribution in [1.29, 1.82) is 0 Å². The lowest BCUT2D eigenvalue weighted by Crippen LogP contribution is -2.17. The van der Waals surface area contributed by atoms with Crippen molar-refractivity contribution < 1.29 is 9.47 Å². The molecule has 0 radical (unpaired) electrons. The fraction of sp³-hybridized carbons (Fsp3) is 0.625. The van der Waals surface area contributed by atoms with Crippen LogP contribution in [0.25, 0.3) is 0 Å². The van der Waals surface area contributed by atoms with E-state index in [0.29, 0.717) is 6.04 Å². The molecule has 19 heavy (non-hydrogen) atoms. The number of rotatable bonds is 8. The van der Waals surface area contributed by atoms with Crippen molar-refractivity contribution >= 4 is 0 Å². The first-order valence-electron chi connectivity index (χ1n) is 7.01. The highest BCUT2D eigenvalue weighted by Crippen LogP contribution is 2.32. The Hall–Kier alpha value is -1.22. The van der Waals surface area contributed by atoms with Gasteiger partial charge in [0.25, 0.3) is 0 Å². The number of methoxy groups -OCH3 is 2. The van der Waals surface area contributed by atoms with Gasteiger partial charge in [0.1, 0.15) is 11.5 Å². The summed E-state index contributed by atoms with van der Waals surface area (Å²) in [4.78, 5) is 0. The molecule has 0 aliphatic carbocycles. The second-order valence-corrected chi connectivity index (χ2v) is 5.27. The number of ether oxygens (including phenoxy) is 2. The lowest BCUT2D eigenvalue weighted by atomic mass is 9.97. The Morgan fingerprint density at radius 3 is 2.37 bits per heavy atom. The van der Waals surface area contributed by atoms with Gasteiger partial charge < -0.3 is 14.8 Å². The Labute approximate surface area is 117 Å². The molecule has 1 unspecified atom stereocenters. The first-order chi connectivity index (χ1) is 9.12. The molecule has 0 saturated heterocycles. The summed E-state index contributed by atoms with van der Waals surface area (Å²) in [7, 11) is 5.38. The normalized spacial score (nSPS) is 12.5. The van der Waals surface area contributed by atoms with Crippen molar-refractivity contribution in [3.05, 3.63) is 23.8 Å². The quantitative estimate of drug-likeness (QED) is 0.775. The molecule has 1 aromatic rings. The molecule has 0 amide bonds. The lowest BCUT2D eigenvalue weighted by molar-refractivity contribution is 0.381. The molecule has 0 spiro atoms. The van der Waals surface area contributed by atoms with Crippen molar-refractivity contribution in [3.8, 4) is 11.5 Å². The van der Waals surface area contributed by atoms with E-state index >= 15 is 0 Å². The molecule has 108 valence electrons. The van der Waals surface area contributed by atoms with Gasteiger partial charge >= 0.3 is 0 Å². The van der Waals surface area contributed by atoms with Crippen LogP contribution >= 0.6 is 0 Å². The van der Waals surface area contributed by atoms with Gasteiger partial charge in [-0.25, -0.2) is 0 Å². The van der Waals surface area contributed by atoms with Gasteiger partial charge in [-0.1, -0.05) is 32.8 Å². The molecule has 3 nitrogen and oxygen atoms in total. The van der Waals surface area contributed by atoms with E-state index in [4.69, 9.17) is 9.47 Å². The molecule has 1 rings (SSSR count). The van der Waals surface area contributed by atoms with Crippen LogP contribution in [0.2, 0.25) is 0 Å². The molecule has 1 aromatic carbocycles. The maximum atomic E-state index is 5.48. The molecule has 0 saturated carbocycles. The van der Waals surface area contributed by atoms with E-state index in [-0.39, 0.29) is 0 Å². The van der Waals surface area contributed by atoms with Crippen LogP contribution in [0.5, 0.6) is 11.5 Å². The maximum absolute atomic E-state index is 5.48. The van der Waals surface area contributed by atoms with Crippen LogP contribution in [0, 0.1) is 5.92 Å². The Kier molecular flexibility index (Phi) is 6.71. The summed E-state index contributed by atoms with van der Waals surface area (Å²) < 4.78 is 10.7. The van der Waals surface area contributed by atoms with Gasteiger partial charge in [0.05, 0.1) is 14.2 Å². The zero-order valence-electron chi connectivity index (χ0n) is 12.8. The monoisotopic (exact) mass is 265 g/mol. The third-order valence-electron chi connectivity index (χ3n) is 3.44. The third kappa shape index (κ3) is 4.75. The van der Waals surface area contributed by atoms with Crippen LogP contribution in [0.4, 0.5) is 0 Å². The van der Waals surface area contributed by atoms with Gasteiger partial charge in [-0.2, -0.15) is 0 Å². The van der Waals surface area contributed by atoms with Crippen molar-refractivity contribution in [3.63, 3.8) is 0 Å². The predicted octanol–water partition coefficient (Wildman–Crippen LogP) is 3.79. The van der Waals surface area contributed by atoms with Crippen LogP contribution in [0.15, 0.2) is 18.2 Å². The Morgan fingerprint density at radius 2 is 1.84 bits per heavy atom.